The van der Waals surface area contributed by atoms with E-state index in [1.807, 2.05) is 44.3 Å². The molecule has 0 radical (unpaired) electrons. The van der Waals surface area contributed by atoms with Crippen molar-refractivity contribution in [2.24, 2.45) is 0 Å². The molecular formula is C27H26ClN3O2S. The molecule has 0 atom stereocenters. The van der Waals surface area contributed by atoms with Gasteiger partial charge in [0.25, 0.3) is 5.91 Å². The van der Waals surface area contributed by atoms with Gasteiger partial charge >= 0.3 is 0 Å². The van der Waals surface area contributed by atoms with Gasteiger partial charge in [-0.05, 0) is 56.3 Å². The third-order valence-electron chi connectivity index (χ3n) is 5.36. The number of para-hydroxylation sites is 1. The zero-order valence-electron chi connectivity index (χ0n) is 19.1. The van der Waals surface area contributed by atoms with Crippen LogP contribution < -0.4 is 10.6 Å². The van der Waals surface area contributed by atoms with E-state index < -0.39 is 0 Å². The lowest BCUT2D eigenvalue weighted by atomic mass is 10.1. The highest BCUT2D eigenvalue weighted by Crippen LogP contribution is 2.30. The Morgan fingerprint density at radius 1 is 0.971 bits per heavy atom. The molecular weight excluding hydrogens is 466 g/mol. The Kier molecular flexibility index (Phi) is 7.60. The molecule has 0 spiro atoms. The van der Waals surface area contributed by atoms with Gasteiger partial charge < -0.3 is 15.2 Å². The monoisotopic (exact) mass is 491 g/mol. The molecule has 0 aliphatic rings. The summed E-state index contributed by atoms with van der Waals surface area (Å²) in [6, 6.07) is 21.0. The van der Waals surface area contributed by atoms with Crippen LogP contribution in [0.5, 0.6) is 0 Å². The Hall–Kier alpha value is -3.22. The number of nitrogens with zero attached hydrogens (tertiary/aromatic N) is 1. The van der Waals surface area contributed by atoms with Crippen LogP contribution in [0.3, 0.4) is 0 Å². The molecule has 0 aliphatic carbocycles. The first-order chi connectivity index (χ1) is 16.4. The van der Waals surface area contributed by atoms with Crippen LogP contribution in [0.1, 0.15) is 21.5 Å². The summed E-state index contributed by atoms with van der Waals surface area (Å²) in [6.07, 6.45) is 2.05. The fraction of sp³-hybridized carbons (Fsp3) is 0.185. The molecule has 1 heterocycles. The Morgan fingerprint density at radius 3 is 2.41 bits per heavy atom. The number of amides is 2. The fourth-order valence-corrected chi connectivity index (χ4v) is 4.90. The zero-order valence-corrected chi connectivity index (χ0v) is 20.7. The van der Waals surface area contributed by atoms with Crippen molar-refractivity contribution >= 4 is 51.8 Å². The number of carbonyl (C=O) groups excluding carboxylic acids is 2. The van der Waals surface area contributed by atoms with Crippen LogP contribution in [0, 0.1) is 13.8 Å². The Bertz CT molecular complexity index is 1310. The summed E-state index contributed by atoms with van der Waals surface area (Å²) in [5.74, 6) is 0.140. The Balaban J connectivity index is 1.38. The van der Waals surface area contributed by atoms with E-state index in [4.69, 9.17) is 11.6 Å². The molecule has 4 aromatic rings. The van der Waals surface area contributed by atoms with Gasteiger partial charge in [0.05, 0.1) is 5.75 Å². The van der Waals surface area contributed by atoms with Gasteiger partial charge in [-0.1, -0.05) is 47.0 Å². The van der Waals surface area contributed by atoms with E-state index in [9.17, 15) is 9.59 Å². The van der Waals surface area contributed by atoms with Crippen LogP contribution in [-0.4, -0.2) is 28.7 Å². The predicted octanol–water partition coefficient (Wildman–Crippen LogP) is 6.07. The van der Waals surface area contributed by atoms with E-state index in [1.54, 1.807) is 24.3 Å². The molecule has 2 N–H and O–H groups in total. The molecule has 0 saturated heterocycles. The van der Waals surface area contributed by atoms with Crippen LogP contribution in [-0.2, 0) is 11.3 Å². The van der Waals surface area contributed by atoms with Gasteiger partial charge in [-0.25, -0.2) is 0 Å². The molecule has 4 rings (SSSR count). The molecule has 2 amide bonds. The Labute approximate surface area is 208 Å². The zero-order chi connectivity index (χ0) is 24.1. The first-order valence-corrected chi connectivity index (χ1v) is 12.4. The van der Waals surface area contributed by atoms with Crippen molar-refractivity contribution in [3.8, 4) is 0 Å². The van der Waals surface area contributed by atoms with Crippen molar-refractivity contribution in [1.29, 1.82) is 0 Å². The number of hydrogen-bond acceptors (Lipinski definition) is 3. The number of thioether (sulfide) groups is 1. The summed E-state index contributed by atoms with van der Waals surface area (Å²) < 4.78 is 2.12. The second-order valence-corrected chi connectivity index (χ2v) is 9.63. The molecule has 174 valence electrons. The quantitative estimate of drug-likeness (QED) is 0.294. The van der Waals surface area contributed by atoms with Gasteiger partial charge in [-0.15, -0.1) is 11.8 Å². The van der Waals surface area contributed by atoms with E-state index in [0.717, 1.165) is 32.6 Å². The minimum Gasteiger partial charge on any atom is -0.350 e. The molecule has 7 heteroatoms. The van der Waals surface area contributed by atoms with Crippen molar-refractivity contribution in [3.63, 3.8) is 0 Å². The summed E-state index contributed by atoms with van der Waals surface area (Å²) in [4.78, 5) is 26.0. The summed E-state index contributed by atoms with van der Waals surface area (Å²) >= 11 is 7.40. The number of benzene rings is 3. The van der Waals surface area contributed by atoms with Crippen LogP contribution in [0.2, 0.25) is 5.02 Å². The van der Waals surface area contributed by atoms with Crippen molar-refractivity contribution in [2.45, 2.75) is 25.3 Å². The minimum absolute atomic E-state index is 0.0725. The van der Waals surface area contributed by atoms with E-state index in [0.29, 0.717) is 29.4 Å². The van der Waals surface area contributed by atoms with Gasteiger partial charge in [0.1, 0.15) is 0 Å². The number of fused-ring (bicyclic) bond motifs is 1. The lowest BCUT2D eigenvalue weighted by Crippen LogP contribution is -2.27. The van der Waals surface area contributed by atoms with Gasteiger partial charge in [0.15, 0.2) is 0 Å². The molecule has 0 unspecified atom stereocenters. The van der Waals surface area contributed by atoms with Crippen molar-refractivity contribution in [3.05, 3.63) is 94.6 Å². The third-order valence-corrected chi connectivity index (χ3v) is 6.66. The highest BCUT2D eigenvalue weighted by atomic mass is 35.5. The van der Waals surface area contributed by atoms with E-state index in [-0.39, 0.29) is 11.8 Å². The lowest BCUT2D eigenvalue weighted by molar-refractivity contribution is -0.113. The average Bonchev–Trinajstić information content (AvgIpc) is 3.16. The largest absolute Gasteiger partial charge is 0.350 e. The predicted molar refractivity (Wildman–Crippen MR) is 141 cm³/mol. The number of anilines is 1. The first-order valence-electron chi connectivity index (χ1n) is 11.0. The highest BCUT2D eigenvalue weighted by Gasteiger charge is 2.12. The molecule has 3 aromatic carbocycles. The fourth-order valence-electron chi connectivity index (χ4n) is 3.88. The second-order valence-electron chi connectivity index (χ2n) is 8.18. The van der Waals surface area contributed by atoms with Crippen LogP contribution in [0.25, 0.3) is 10.9 Å². The average molecular weight is 492 g/mol. The second kappa shape index (κ2) is 10.8. The first kappa shape index (κ1) is 23.9. The van der Waals surface area contributed by atoms with Crippen LogP contribution >= 0.6 is 23.4 Å². The lowest BCUT2D eigenvalue weighted by Gasteiger charge is -2.09. The summed E-state index contributed by atoms with van der Waals surface area (Å²) in [7, 11) is 0. The van der Waals surface area contributed by atoms with E-state index in [1.165, 1.54) is 11.8 Å². The van der Waals surface area contributed by atoms with Gasteiger partial charge in [0.2, 0.25) is 5.91 Å². The van der Waals surface area contributed by atoms with Gasteiger partial charge in [-0.3, -0.25) is 9.59 Å². The summed E-state index contributed by atoms with van der Waals surface area (Å²) in [6.45, 7) is 5.12. The molecule has 0 bridgehead atoms. The van der Waals surface area contributed by atoms with E-state index >= 15 is 0 Å². The highest BCUT2D eigenvalue weighted by molar-refractivity contribution is 8.00. The van der Waals surface area contributed by atoms with Gasteiger partial charge in [0, 0.05) is 51.4 Å². The molecule has 1 aromatic heterocycles. The van der Waals surface area contributed by atoms with Crippen molar-refractivity contribution in [1.82, 2.24) is 9.88 Å². The maximum Gasteiger partial charge on any atom is 0.251 e. The maximum atomic E-state index is 12.6. The maximum absolute atomic E-state index is 12.6. The molecule has 0 aliphatic heterocycles. The third kappa shape index (κ3) is 6.01. The summed E-state index contributed by atoms with van der Waals surface area (Å²) in [5, 5.41) is 7.63. The number of aryl methyl sites for hydroxylation is 2. The van der Waals surface area contributed by atoms with Crippen molar-refractivity contribution in [2.75, 3.05) is 17.6 Å². The molecule has 0 saturated carbocycles. The normalized spacial score (nSPS) is 10.9. The van der Waals surface area contributed by atoms with Gasteiger partial charge in [-0.2, -0.15) is 0 Å². The number of nitrogens with one attached hydrogen (secondary N) is 2. The van der Waals surface area contributed by atoms with E-state index in [2.05, 4.69) is 33.4 Å². The number of rotatable bonds is 8. The number of hydrogen-bond donors (Lipinski definition) is 2. The Morgan fingerprint density at radius 2 is 1.68 bits per heavy atom. The SMILES string of the molecule is Cc1cc(C)cc(C(=O)NCCn2cc(SCC(=O)Nc3ccc(Cl)cc3)c3ccccc32)c1. The molecule has 0 fully saturated rings. The number of carbonyl (C=O) groups is 2. The molecule has 34 heavy (non-hydrogen) atoms. The smallest absolute Gasteiger partial charge is 0.251 e. The standard InChI is InChI=1S/C27H26ClN3O2S/c1-18-13-19(2)15-20(14-18)27(33)29-11-12-31-16-25(23-5-3-4-6-24(23)31)34-17-26(32)30-22-9-7-21(28)8-10-22/h3-10,13-16H,11-12,17H2,1-2H3,(H,29,33)(H,30,32). The topological polar surface area (TPSA) is 63.1 Å². The number of aromatic nitrogens is 1. The number of halogens is 1. The summed E-state index contributed by atoms with van der Waals surface area (Å²) in [5.41, 5.74) is 4.62. The van der Waals surface area contributed by atoms with Crippen LogP contribution in [0.4, 0.5) is 5.69 Å². The minimum atomic E-state index is -0.0788. The van der Waals surface area contributed by atoms with Crippen LogP contribution in [0.15, 0.2) is 77.8 Å². The van der Waals surface area contributed by atoms with Crippen molar-refractivity contribution < 1.29 is 9.59 Å². The molecule has 5 nitrogen and oxygen atoms in total.